The molecular formula is C64H40N4. The van der Waals surface area contributed by atoms with Gasteiger partial charge in [-0.25, -0.2) is 0 Å². The van der Waals surface area contributed by atoms with Crippen LogP contribution >= 0.6 is 0 Å². The highest BCUT2D eigenvalue weighted by Crippen LogP contribution is 2.51. The smallest absolute Gasteiger partial charge is 0.0724 e. The third kappa shape index (κ3) is 5.87. The van der Waals surface area contributed by atoms with Crippen molar-refractivity contribution in [3.63, 3.8) is 0 Å². The molecule has 0 saturated heterocycles. The summed E-state index contributed by atoms with van der Waals surface area (Å²) in [5, 5.41) is 4.72. The first-order valence-corrected chi connectivity index (χ1v) is 23.2. The van der Waals surface area contributed by atoms with Crippen molar-refractivity contribution in [2.24, 2.45) is 0 Å². The molecule has 4 nitrogen and oxygen atoms in total. The van der Waals surface area contributed by atoms with E-state index in [1.807, 2.05) is 24.8 Å². The minimum absolute atomic E-state index is 1.09. The molecular weight excluding hydrogens is 825 g/mol. The van der Waals surface area contributed by atoms with Crippen LogP contribution in [0.1, 0.15) is 0 Å². The van der Waals surface area contributed by atoms with Crippen molar-refractivity contribution >= 4 is 43.6 Å². The number of hydrogen-bond donors (Lipinski definition) is 0. The van der Waals surface area contributed by atoms with E-state index in [4.69, 9.17) is 0 Å². The highest BCUT2D eigenvalue weighted by atomic mass is 15.0. The van der Waals surface area contributed by atoms with Crippen molar-refractivity contribution in [3.8, 4) is 89.3 Å². The number of rotatable bonds is 5. The van der Waals surface area contributed by atoms with Crippen LogP contribution in [-0.4, -0.2) is 19.1 Å². The van der Waals surface area contributed by atoms with Gasteiger partial charge in [-0.2, -0.15) is 0 Å². The van der Waals surface area contributed by atoms with Gasteiger partial charge in [0.25, 0.3) is 0 Å². The predicted molar refractivity (Wildman–Crippen MR) is 282 cm³/mol. The maximum absolute atomic E-state index is 4.59. The normalized spacial score (nSPS) is 11.8. The van der Waals surface area contributed by atoms with E-state index in [0.29, 0.717) is 0 Å². The molecule has 0 aliphatic heterocycles. The van der Waals surface area contributed by atoms with Crippen molar-refractivity contribution in [1.82, 2.24) is 19.1 Å². The van der Waals surface area contributed by atoms with Gasteiger partial charge in [-0.05, 0) is 157 Å². The number of benzene rings is 9. The summed E-state index contributed by atoms with van der Waals surface area (Å²) >= 11 is 0. The minimum Gasteiger partial charge on any atom is -0.308 e. The molecule has 9 aromatic carbocycles. The Balaban J connectivity index is 1.04. The summed E-state index contributed by atoms with van der Waals surface area (Å²) in [6, 6.07) is 80.2. The lowest BCUT2D eigenvalue weighted by Gasteiger charge is -2.25. The van der Waals surface area contributed by atoms with Gasteiger partial charge in [0.05, 0.1) is 34.5 Å². The average molecular weight is 865 g/mol. The highest BCUT2D eigenvalue weighted by molar-refractivity contribution is 6.12. The number of nitrogens with zero attached hydrogens (tertiary/aromatic N) is 4. The first-order valence-electron chi connectivity index (χ1n) is 23.2. The Hall–Kier alpha value is -9.12. The third-order valence-corrected chi connectivity index (χ3v) is 14.1. The second kappa shape index (κ2) is 15.2. The standard InChI is InChI=1S/C64H40N4/c1-3-14-46(15-4-1)67-60-28-26-41(37-58(60)54-30-32-65-39-62(54)67)43-34-44(42-27-29-61-59(38-42)55-31-33-66-40-63(55)68(61)47-16-5-2-6-17-47)36-45(35-43)48-24-13-25-57-53-21-10-9-20-51(53)49-18-7-8-19-50(49)52-22-11-12-23-56(52)64(48)57/h1-40H. The number of aromatic nitrogens is 4. The molecule has 0 amide bonds. The van der Waals surface area contributed by atoms with Gasteiger partial charge < -0.3 is 9.13 Å². The lowest BCUT2D eigenvalue weighted by Crippen LogP contribution is -1.99. The maximum atomic E-state index is 4.59. The molecule has 0 radical (unpaired) electrons. The SMILES string of the molecule is c1ccc(-n2c3ccc(-c4cc(-c5ccc6c(c5)c5ccncc5n6-c5ccccc5)cc(-c5cccc6c5-c5ccccc5-c5ccccc5-c5ccccc5-6)c4)cc3c3ccncc32)cc1. The van der Waals surface area contributed by atoms with Gasteiger partial charge in [-0.3, -0.25) is 9.97 Å². The van der Waals surface area contributed by atoms with Gasteiger partial charge in [-0.15, -0.1) is 0 Å². The summed E-state index contributed by atoms with van der Waals surface area (Å²) in [6.45, 7) is 0. The summed E-state index contributed by atoms with van der Waals surface area (Å²) in [5.41, 5.74) is 23.5. The maximum Gasteiger partial charge on any atom is 0.0724 e. The van der Waals surface area contributed by atoms with E-state index < -0.39 is 0 Å². The number of pyridine rings is 2. The Labute approximate surface area is 393 Å². The van der Waals surface area contributed by atoms with Gasteiger partial charge in [-0.1, -0.05) is 140 Å². The van der Waals surface area contributed by atoms with Crippen LogP contribution in [-0.2, 0) is 0 Å². The molecule has 13 aromatic rings. The van der Waals surface area contributed by atoms with Gasteiger partial charge in [0, 0.05) is 45.3 Å². The molecule has 0 N–H and O–H groups in total. The largest absolute Gasteiger partial charge is 0.308 e. The Morgan fingerprint density at radius 3 is 1.15 bits per heavy atom. The summed E-state index contributed by atoms with van der Waals surface area (Å²) in [7, 11) is 0. The fraction of sp³-hybridized carbons (Fsp3) is 0. The molecule has 1 aliphatic rings. The lowest BCUT2D eigenvalue weighted by atomic mass is 9.78. The fourth-order valence-corrected chi connectivity index (χ4v) is 11.1. The van der Waals surface area contributed by atoms with E-state index >= 15 is 0 Å². The van der Waals surface area contributed by atoms with Crippen LogP contribution in [0.5, 0.6) is 0 Å². The van der Waals surface area contributed by atoms with Crippen molar-refractivity contribution in [1.29, 1.82) is 0 Å². The summed E-state index contributed by atoms with van der Waals surface area (Å²) in [6.07, 6.45) is 7.78. The summed E-state index contributed by atoms with van der Waals surface area (Å²) < 4.78 is 4.66. The zero-order chi connectivity index (χ0) is 44.7. The zero-order valence-corrected chi connectivity index (χ0v) is 36.9. The number of para-hydroxylation sites is 2. The molecule has 14 rings (SSSR count). The molecule has 68 heavy (non-hydrogen) atoms. The topological polar surface area (TPSA) is 35.6 Å². The van der Waals surface area contributed by atoms with E-state index in [2.05, 4.69) is 237 Å². The van der Waals surface area contributed by atoms with Gasteiger partial charge in [0.2, 0.25) is 0 Å². The van der Waals surface area contributed by atoms with Gasteiger partial charge in [0.1, 0.15) is 0 Å². The molecule has 316 valence electrons. The Morgan fingerprint density at radius 2 is 0.647 bits per heavy atom. The molecule has 0 bridgehead atoms. The lowest BCUT2D eigenvalue weighted by molar-refractivity contribution is 1.17. The first-order chi connectivity index (χ1) is 33.7. The van der Waals surface area contributed by atoms with Gasteiger partial charge in [0.15, 0.2) is 0 Å². The van der Waals surface area contributed by atoms with Crippen LogP contribution in [0, 0.1) is 0 Å². The predicted octanol–water partition coefficient (Wildman–Crippen LogP) is 16.7. The summed E-state index contributed by atoms with van der Waals surface area (Å²) in [4.78, 5) is 9.18. The van der Waals surface area contributed by atoms with Crippen molar-refractivity contribution in [3.05, 3.63) is 243 Å². The fourth-order valence-electron chi connectivity index (χ4n) is 11.1. The van der Waals surface area contributed by atoms with Crippen LogP contribution in [0.15, 0.2) is 243 Å². The van der Waals surface area contributed by atoms with Crippen molar-refractivity contribution < 1.29 is 0 Å². The summed E-state index contributed by atoms with van der Waals surface area (Å²) in [5.74, 6) is 0. The molecule has 1 aliphatic carbocycles. The number of hydrogen-bond acceptors (Lipinski definition) is 2. The van der Waals surface area contributed by atoms with Crippen LogP contribution in [0.4, 0.5) is 0 Å². The number of fused-ring (bicyclic) bond motifs is 14. The Bertz CT molecular complexity index is 3960. The minimum atomic E-state index is 1.09. The molecule has 0 atom stereocenters. The van der Waals surface area contributed by atoms with Crippen LogP contribution in [0.2, 0.25) is 0 Å². The van der Waals surface area contributed by atoms with Crippen LogP contribution in [0.3, 0.4) is 0 Å². The van der Waals surface area contributed by atoms with Crippen molar-refractivity contribution in [2.45, 2.75) is 0 Å². The van der Waals surface area contributed by atoms with Crippen LogP contribution in [0.25, 0.3) is 133 Å². The van der Waals surface area contributed by atoms with E-state index in [-0.39, 0.29) is 0 Å². The monoisotopic (exact) mass is 864 g/mol. The highest BCUT2D eigenvalue weighted by Gasteiger charge is 2.25. The molecule has 0 saturated carbocycles. The Morgan fingerprint density at radius 1 is 0.250 bits per heavy atom. The Kier molecular flexibility index (Phi) is 8.55. The molecule has 0 spiro atoms. The van der Waals surface area contributed by atoms with Crippen LogP contribution < -0.4 is 0 Å². The van der Waals surface area contributed by atoms with E-state index in [1.165, 1.54) is 71.6 Å². The second-order valence-electron chi connectivity index (χ2n) is 17.8. The third-order valence-electron chi connectivity index (χ3n) is 14.1. The zero-order valence-electron chi connectivity index (χ0n) is 36.9. The first kappa shape index (κ1) is 38.2. The van der Waals surface area contributed by atoms with E-state index in [9.17, 15) is 0 Å². The second-order valence-corrected chi connectivity index (χ2v) is 17.8. The molecule has 0 fully saturated rings. The molecule has 4 heteroatoms. The quantitative estimate of drug-likeness (QED) is 0.173. The van der Waals surface area contributed by atoms with Gasteiger partial charge >= 0.3 is 0 Å². The average Bonchev–Trinajstić information content (AvgIpc) is 3.93. The van der Waals surface area contributed by atoms with E-state index in [1.54, 1.807) is 0 Å². The van der Waals surface area contributed by atoms with E-state index in [0.717, 1.165) is 61.3 Å². The molecule has 4 aromatic heterocycles. The molecule has 4 heterocycles. The molecule has 0 unspecified atom stereocenters. The van der Waals surface area contributed by atoms with Crippen molar-refractivity contribution in [2.75, 3.05) is 0 Å².